The van der Waals surface area contributed by atoms with E-state index < -0.39 is 64.7 Å². The number of benzene rings is 2. The Balaban J connectivity index is 1.63. The molecule has 7 atom stereocenters. The number of likely N-dealkylation sites (N-methyl/N-ethyl adjacent to an activating group) is 1. The summed E-state index contributed by atoms with van der Waals surface area (Å²) in [6.07, 6.45) is -1.37. The molecule has 5 rings (SSSR count). The molecule has 6 N–H and O–H groups in total. The van der Waals surface area contributed by atoms with Crippen LogP contribution in [0.5, 0.6) is 5.75 Å². The molecule has 210 valence electrons. The predicted molar refractivity (Wildman–Crippen MR) is 142 cm³/mol. The Bertz CT molecular complexity index is 1470. The molecule has 0 saturated heterocycles. The fourth-order valence-corrected chi connectivity index (χ4v) is 7.06. The van der Waals surface area contributed by atoms with Crippen molar-refractivity contribution in [1.82, 2.24) is 4.90 Å². The van der Waals surface area contributed by atoms with Crippen LogP contribution in [0.2, 0.25) is 0 Å². The van der Waals surface area contributed by atoms with Gasteiger partial charge < -0.3 is 31.3 Å². The van der Waals surface area contributed by atoms with E-state index in [1.165, 1.54) is 13.0 Å². The fraction of sp³-hybridized carbons (Fsp3) is 0.414. The molecule has 0 aliphatic heterocycles. The molecule has 3 unspecified atom stereocenters. The van der Waals surface area contributed by atoms with Crippen LogP contribution in [0.4, 0.5) is 5.69 Å². The summed E-state index contributed by atoms with van der Waals surface area (Å²) in [5.74, 6) is -9.75. The molecule has 2 amide bonds. The van der Waals surface area contributed by atoms with Crippen LogP contribution in [0.3, 0.4) is 0 Å². The summed E-state index contributed by atoms with van der Waals surface area (Å²) < 4.78 is 0. The van der Waals surface area contributed by atoms with Crippen molar-refractivity contribution >= 4 is 34.9 Å². The Morgan fingerprint density at radius 1 is 1.10 bits per heavy atom. The number of nitrogens with two attached hydrogens (primary N) is 1. The van der Waals surface area contributed by atoms with E-state index in [0.717, 1.165) is 0 Å². The van der Waals surface area contributed by atoms with Crippen LogP contribution in [0.25, 0.3) is 11.1 Å². The number of fused-ring (bicyclic) bond motifs is 3. The number of hydrogen-bond acceptors (Lipinski definition) is 9. The van der Waals surface area contributed by atoms with E-state index in [1.54, 1.807) is 49.3 Å². The van der Waals surface area contributed by atoms with Gasteiger partial charge in [0, 0.05) is 24.6 Å². The third kappa shape index (κ3) is 3.95. The number of carbonyl (C=O) groups is 5. The van der Waals surface area contributed by atoms with E-state index in [0.29, 0.717) is 22.4 Å². The maximum atomic E-state index is 13.9. The standard InChI is InChI=1S/C29H31N3O8/c1-12(33)31-15-6-4-5-13(9-15)16-7-8-19(34)21-17(16)10-14-11-18-23(32(2)3)25(36)22(28(30)39)27(38)29(18,40)26(37)20(14)24(21)35/h4-9,14,18,20,22-23,25,34,36,40H,10-11H2,1-3H3,(H2,30,39)(H,31,33)/t14-,18-,20?,22?,23-,25?,29-/m1/s1. The van der Waals surface area contributed by atoms with Crippen LogP contribution in [0.15, 0.2) is 36.4 Å². The van der Waals surface area contributed by atoms with E-state index in [2.05, 4.69) is 5.32 Å². The Kier molecular flexibility index (Phi) is 6.64. The number of aliphatic hydroxyl groups excluding tert-OH is 1. The van der Waals surface area contributed by atoms with E-state index in [1.807, 2.05) is 0 Å². The molecule has 11 heteroatoms. The van der Waals surface area contributed by atoms with Gasteiger partial charge in [0.15, 0.2) is 23.0 Å². The van der Waals surface area contributed by atoms with Gasteiger partial charge in [-0.15, -0.1) is 0 Å². The van der Waals surface area contributed by atoms with Crippen LogP contribution in [-0.4, -0.2) is 81.2 Å². The smallest absolute Gasteiger partial charge is 0.230 e. The summed E-state index contributed by atoms with van der Waals surface area (Å²) in [7, 11) is 3.19. The van der Waals surface area contributed by atoms with E-state index in [-0.39, 0.29) is 30.1 Å². The van der Waals surface area contributed by atoms with Crippen molar-refractivity contribution in [2.24, 2.45) is 29.4 Å². The normalized spacial score (nSPS) is 31.3. The Morgan fingerprint density at radius 2 is 1.80 bits per heavy atom. The minimum atomic E-state index is -2.71. The zero-order chi connectivity index (χ0) is 29.3. The van der Waals surface area contributed by atoms with Crippen molar-refractivity contribution < 1.29 is 39.3 Å². The molecule has 40 heavy (non-hydrogen) atoms. The second kappa shape index (κ2) is 9.61. The van der Waals surface area contributed by atoms with Gasteiger partial charge in [0.2, 0.25) is 11.8 Å². The number of anilines is 1. The first-order valence-corrected chi connectivity index (χ1v) is 13.0. The maximum Gasteiger partial charge on any atom is 0.230 e. The monoisotopic (exact) mass is 549 g/mol. The number of phenolic OH excluding ortho intramolecular Hbond substituents is 1. The van der Waals surface area contributed by atoms with E-state index >= 15 is 0 Å². The zero-order valence-corrected chi connectivity index (χ0v) is 22.2. The Labute approximate surface area is 230 Å². The number of nitrogens with one attached hydrogen (secondary N) is 1. The molecule has 2 fully saturated rings. The number of amides is 2. The van der Waals surface area contributed by atoms with Gasteiger partial charge in [0.25, 0.3) is 0 Å². The first-order chi connectivity index (χ1) is 18.8. The number of ketones is 3. The zero-order valence-electron chi connectivity index (χ0n) is 22.2. The van der Waals surface area contributed by atoms with Gasteiger partial charge in [0.05, 0.1) is 17.6 Å². The quantitative estimate of drug-likeness (QED) is 0.334. The van der Waals surface area contributed by atoms with Gasteiger partial charge in [-0.3, -0.25) is 24.0 Å². The molecule has 0 heterocycles. The first-order valence-electron chi connectivity index (χ1n) is 13.0. The highest BCUT2D eigenvalue weighted by molar-refractivity contribution is 6.25. The highest BCUT2D eigenvalue weighted by Crippen LogP contribution is 2.52. The van der Waals surface area contributed by atoms with Crippen LogP contribution in [0.1, 0.15) is 29.3 Å². The summed E-state index contributed by atoms with van der Waals surface area (Å²) in [5.41, 5.74) is 4.96. The van der Waals surface area contributed by atoms with Gasteiger partial charge in [-0.1, -0.05) is 18.2 Å². The lowest BCUT2D eigenvalue weighted by Crippen LogP contribution is -2.75. The summed E-state index contributed by atoms with van der Waals surface area (Å²) in [4.78, 5) is 66.5. The Morgan fingerprint density at radius 3 is 2.42 bits per heavy atom. The van der Waals surface area contributed by atoms with Crippen molar-refractivity contribution in [1.29, 1.82) is 0 Å². The number of nitrogens with zero attached hydrogens (tertiary/aromatic N) is 1. The minimum Gasteiger partial charge on any atom is -0.507 e. The number of aliphatic hydroxyl groups is 2. The van der Waals surface area contributed by atoms with Gasteiger partial charge in [-0.2, -0.15) is 0 Å². The van der Waals surface area contributed by atoms with Crippen LogP contribution in [-0.2, 0) is 25.6 Å². The molecule has 0 radical (unpaired) electrons. The highest BCUT2D eigenvalue weighted by Gasteiger charge is 2.69. The lowest BCUT2D eigenvalue weighted by molar-refractivity contribution is -0.190. The topological polar surface area (TPSA) is 187 Å². The average molecular weight is 550 g/mol. The van der Waals surface area contributed by atoms with Crippen LogP contribution < -0.4 is 11.1 Å². The number of phenols is 1. The van der Waals surface area contributed by atoms with E-state index in [4.69, 9.17) is 5.73 Å². The van der Waals surface area contributed by atoms with Crippen molar-refractivity contribution in [2.75, 3.05) is 19.4 Å². The third-order valence-electron chi connectivity index (χ3n) is 8.67. The van der Waals surface area contributed by atoms with Crippen LogP contribution >= 0.6 is 0 Å². The second-order valence-electron chi connectivity index (χ2n) is 11.2. The Hall–Kier alpha value is -3.93. The summed E-state index contributed by atoms with van der Waals surface area (Å²) in [6, 6.07) is 9.01. The van der Waals surface area contributed by atoms with Crippen molar-refractivity contribution in [3.8, 4) is 16.9 Å². The molecule has 0 bridgehead atoms. The first kappa shape index (κ1) is 27.6. The fourth-order valence-electron chi connectivity index (χ4n) is 7.06. The summed E-state index contributed by atoms with van der Waals surface area (Å²) in [5, 5.41) is 36.1. The van der Waals surface area contributed by atoms with Crippen LogP contribution in [0, 0.1) is 23.7 Å². The maximum absolute atomic E-state index is 13.9. The van der Waals surface area contributed by atoms with Crippen molar-refractivity contribution in [3.05, 3.63) is 47.5 Å². The van der Waals surface area contributed by atoms with Crippen molar-refractivity contribution in [2.45, 2.75) is 37.5 Å². The molecule has 2 saturated carbocycles. The summed E-state index contributed by atoms with van der Waals surface area (Å²) in [6.45, 7) is 1.38. The summed E-state index contributed by atoms with van der Waals surface area (Å²) >= 11 is 0. The van der Waals surface area contributed by atoms with Crippen molar-refractivity contribution in [3.63, 3.8) is 0 Å². The molecular weight excluding hydrogens is 518 g/mol. The molecular formula is C29H31N3O8. The molecule has 0 aromatic heterocycles. The minimum absolute atomic E-state index is 0.0241. The van der Waals surface area contributed by atoms with Gasteiger partial charge in [-0.05, 0) is 67.7 Å². The lowest BCUT2D eigenvalue weighted by atomic mass is 9.52. The lowest BCUT2D eigenvalue weighted by Gasteiger charge is -2.54. The third-order valence-corrected chi connectivity index (χ3v) is 8.67. The van der Waals surface area contributed by atoms with Gasteiger partial charge >= 0.3 is 0 Å². The van der Waals surface area contributed by atoms with Gasteiger partial charge in [-0.25, -0.2) is 0 Å². The SMILES string of the molecule is CC(=O)Nc1cccc(-c2ccc(O)c3c2C[C@@H]2C[C@@H]4[C@@H](N(C)C)C(O)C(C(N)=O)C(=O)[C@]4(O)C(=O)C2C3=O)c1. The number of primary amides is 1. The molecule has 3 aliphatic rings. The number of rotatable bonds is 4. The molecule has 2 aromatic rings. The number of aromatic hydroxyl groups is 1. The second-order valence-corrected chi connectivity index (χ2v) is 11.2. The highest BCUT2D eigenvalue weighted by atomic mass is 16.3. The number of hydrogen-bond donors (Lipinski definition) is 5. The molecule has 3 aliphatic carbocycles. The van der Waals surface area contributed by atoms with Gasteiger partial charge in [0.1, 0.15) is 11.7 Å². The average Bonchev–Trinajstić information content (AvgIpc) is 2.85. The molecule has 2 aromatic carbocycles. The largest absolute Gasteiger partial charge is 0.507 e. The molecule has 11 nitrogen and oxygen atoms in total. The molecule has 0 spiro atoms. The number of carbonyl (C=O) groups excluding carboxylic acids is 5. The predicted octanol–water partition coefficient (Wildman–Crippen LogP) is 0.284. The number of Topliss-reactive ketones (excluding diaryl/α,β-unsaturated/α-hetero) is 3. The van der Waals surface area contributed by atoms with E-state index in [9.17, 15) is 39.3 Å².